The van der Waals surface area contributed by atoms with E-state index < -0.39 is 49.7 Å². The van der Waals surface area contributed by atoms with Crippen LogP contribution in [0.15, 0.2) is 18.2 Å². The number of ether oxygens (including phenoxy) is 1. The van der Waals surface area contributed by atoms with Crippen molar-refractivity contribution < 1.29 is 44.2 Å². The summed E-state index contributed by atoms with van der Waals surface area (Å²) < 4.78 is 16.9. The Bertz CT molecular complexity index is 663. The van der Waals surface area contributed by atoms with Gasteiger partial charge in [0.15, 0.2) is 24.0 Å². The van der Waals surface area contributed by atoms with E-state index in [0.717, 1.165) is 12.1 Å². The molecular weight excluding hydrogens is 345 g/mol. The van der Waals surface area contributed by atoms with Crippen LogP contribution in [0.2, 0.25) is 0 Å². The van der Waals surface area contributed by atoms with E-state index in [4.69, 9.17) is 20.7 Å². The molecule has 0 saturated heterocycles. The molecule has 0 heterocycles. The first-order chi connectivity index (χ1) is 11.0. The van der Waals surface area contributed by atoms with Gasteiger partial charge in [-0.15, -0.1) is 0 Å². The summed E-state index contributed by atoms with van der Waals surface area (Å²) in [6, 6.07) is 1.95. The molecule has 0 amide bonds. The first-order valence-corrected chi connectivity index (χ1v) is 8.61. The molecule has 0 radical (unpaired) electrons. The SMILES string of the molecule is N[C@@H](CCP(=O)(O)C(O)c1ccc(OCC(=O)O)c(O)c1)C(=O)O. The minimum atomic E-state index is -4.20. The van der Waals surface area contributed by atoms with Crippen molar-refractivity contribution >= 4 is 19.3 Å². The Kier molecular flexibility index (Phi) is 6.73. The first-order valence-electron chi connectivity index (χ1n) is 6.70. The van der Waals surface area contributed by atoms with Gasteiger partial charge in [-0.2, -0.15) is 0 Å². The number of carboxylic acid groups (broad SMARTS) is 2. The van der Waals surface area contributed by atoms with Crippen LogP contribution in [0.3, 0.4) is 0 Å². The molecule has 2 unspecified atom stereocenters. The molecule has 0 bridgehead atoms. The third-order valence-corrected chi connectivity index (χ3v) is 5.05. The number of phenolic OH excluding ortho intramolecular Hbond substituents is 1. The second-order valence-corrected chi connectivity index (χ2v) is 7.44. The average Bonchev–Trinajstić information content (AvgIpc) is 2.50. The van der Waals surface area contributed by atoms with Gasteiger partial charge in [-0.1, -0.05) is 6.07 Å². The highest BCUT2D eigenvalue weighted by Crippen LogP contribution is 2.55. The normalized spacial score (nSPS) is 16.0. The Balaban J connectivity index is 2.84. The summed E-state index contributed by atoms with van der Waals surface area (Å²) >= 11 is 0. The van der Waals surface area contributed by atoms with Crippen LogP contribution in [-0.4, -0.2) is 56.1 Å². The number of hydrogen-bond acceptors (Lipinski definition) is 7. The smallest absolute Gasteiger partial charge is 0.341 e. The molecule has 0 aromatic heterocycles. The number of aliphatic hydroxyl groups is 1. The maximum Gasteiger partial charge on any atom is 0.341 e. The molecular formula is C13H18NO9P. The van der Waals surface area contributed by atoms with Gasteiger partial charge >= 0.3 is 11.9 Å². The lowest BCUT2D eigenvalue weighted by Crippen LogP contribution is -2.31. The monoisotopic (exact) mass is 363 g/mol. The quantitative estimate of drug-likeness (QED) is 0.324. The predicted octanol–water partition coefficient (Wildman–Crippen LogP) is -0.0811. The number of carbonyl (C=O) groups is 2. The Hall–Kier alpha value is -2.13. The van der Waals surface area contributed by atoms with E-state index in [0.29, 0.717) is 0 Å². The molecule has 134 valence electrons. The molecule has 0 aliphatic carbocycles. The highest BCUT2D eigenvalue weighted by molar-refractivity contribution is 7.58. The molecule has 10 nitrogen and oxygen atoms in total. The van der Waals surface area contributed by atoms with Crippen molar-refractivity contribution in [3.63, 3.8) is 0 Å². The molecule has 0 aliphatic heterocycles. The molecule has 3 atom stereocenters. The van der Waals surface area contributed by atoms with E-state index in [1.54, 1.807) is 0 Å². The van der Waals surface area contributed by atoms with Crippen LogP contribution < -0.4 is 10.5 Å². The summed E-state index contributed by atoms with van der Waals surface area (Å²) in [7, 11) is -4.20. The number of nitrogens with two attached hydrogens (primary N) is 1. The van der Waals surface area contributed by atoms with E-state index in [2.05, 4.69) is 0 Å². The summed E-state index contributed by atoms with van der Waals surface area (Å²) in [5, 5.41) is 36.8. The van der Waals surface area contributed by atoms with Crippen LogP contribution in [0.1, 0.15) is 17.8 Å². The van der Waals surface area contributed by atoms with E-state index in [1.165, 1.54) is 6.07 Å². The van der Waals surface area contributed by atoms with Gasteiger partial charge < -0.3 is 35.8 Å². The number of aliphatic hydroxyl groups excluding tert-OH is 1. The number of benzene rings is 1. The van der Waals surface area contributed by atoms with Crippen molar-refractivity contribution in [1.82, 2.24) is 0 Å². The number of hydrogen-bond donors (Lipinski definition) is 6. The Morgan fingerprint density at radius 1 is 1.29 bits per heavy atom. The molecule has 0 saturated carbocycles. The van der Waals surface area contributed by atoms with Gasteiger partial charge in [-0.25, -0.2) is 4.79 Å². The summed E-state index contributed by atoms with van der Waals surface area (Å²) in [5.41, 5.74) is 5.14. The first kappa shape index (κ1) is 19.9. The molecule has 1 aromatic rings. The van der Waals surface area contributed by atoms with Crippen LogP contribution in [0, 0.1) is 0 Å². The Labute approximate surface area is 136 Å². The zero-order valence-electron chi connectivity index (χ0n) is 12.4. The van der Waals surface area contributed by atoms with Crippen molar-refractivity contribution in [2.75, 3.05) is 12.8 Å². The lowest BCUT2D eigenvalue weighted by Gasteiger charge is -2.20. The van der Waals surface area contributed by atoms with E-state index >= 15 is 0 Å². The zero-order chi connectivity index (χ0) is 18.5. The summed E-state index contributed by atoms with van der Waals surface area (Å²) in [6.07, 6.45) is -0.842. The van der Waals surface area contributed by atoms with Gasteiger partial charge in [0.05, 0.1) is 0 Å². The second-order valence-electron chi connectivity index (χ2n) is 5.00. The van der Waals surface area contributed by atoms with E-state index in [9.17, 15) is 29.3 Å². The fourth-order valence-corrected chi connectivity index (χ4v) is 3.28. The molecule has 0 aliphatic rings. The van der Waals surface area contributed by atoms with Gasteiger partial charge in [-0.05, 0) is 24.1 Å². The molecule has 0 spiro atoms. The van der Waals surface area contributed by atoms with Crippen molar-refractivity contribution in [2.45, 2.75) is 18.3 Å². The number of phenols is 1. The Morgan fingerprint density at radius 2 is 1.92 bits per heavy atom. The lowest BCUT2D eigenvalue weighted by molar-refractivity contribution is -0.139. The average molecular weight is 363 g/mol. The molecule has 1 aromatic carbocycles. The van der Waals surface area contributed by atoms with Gasteiger partial charge in [0.25, 0.3) is 0 Å². The maximum atomic E-state index is 12.1. The number of aromatic hydroxyl groups is 1. The number of carboxylic acids is 2. The molecule has 0 fully saturated rings. The maximum absolute atomic E-state index is 12.1. The lowest BCUT2D eigenvalue weighted by atomic mass is 10.2. The standard InChI is InChI=1S/C13H18NO9P/c14-8(12(18)19)3-4-24(21,22)13(20)7-1-2-10(9(15)5-7)23-6-11(16)17/h1-2,5,8,13,15,20H,3-4,6,14H2,(H,16,17)(H,18,19)(H,21,22)/t8-,13?/m0/s1. The van der Waals surface area contributed by atoms with Crippen molar-refractivity contribution in [1.29, 1.82) is 0 Å². The predicted molar refractivity (Wildman–Crippen MR) is 81.1 cm³/mol. The molecule has 11 heteroatoms. The van der Waals surface area contributed by atoms with E-state index in [1.807, 2.05) is 0 Å². The number of rotatable bonds is 9. The van der Waals surface area contributed by atoms with Gasteiger partial charge in [0.2, 0.25) is 7.37 Å². The molecule has 24 heavy (non-hydrogen) atoms. The minimum Gasteiger partial charge on any atom is -0.504 e. The second kappa shape index (κ2) is 8.11. The molecule has 1 rings (SSSR count). The minimum absolute atomic E-state index is 0.107. The topological polar surface area (TPSA) is 188 Å². The third kappa shape index (κ3) is 5.50. The third-order valence-electron chi connectivity index (χ3n) is 3.09. The van der Waals surface area contributed by atoms with E-state index in [-0.39, 0.29) is 17.7 Å². The van der Waals surface area contributed by atoms with Crippen LogP contribution in [0.5, 0.6) is 11.5 Å². The Morgan fingerprint density at radius 3 is 2.42 bits per heavy atom. The van der Waals surface area contributed by atoms with Crippen LogP contribution in [0.25, 0.3) is 0 Å². The fraction of sp³-hybridized carbons (Fsp3) is 0.385. The van der Waals surface area contributed by atoms with Gasteiger partial charge in [0, 0.05) is 6.16 Å². The summed E-state index contributed by atoms with van der Waals surface area (Å²) in [4.78, 5) is 30.9. The van der Waals surface area contributed by atoms with Crippen molar-refractivity contribution in [3.8, 4) is 11.5 Å². The van der Waals surface area contributed by atoms with Crippen LogP contribution >= 0.6 is 7.37 Å². The molecule has 7 N–H and O–H groups in total. The largest absolute Gasteiger partial charge is 0.504 e. The van der Waals surface area contributed by atoms with Crippen LogP contribution in [0.4, 0.5) is 0 Å². The van der Waals surface area contributed by atoms with Crippen molar-refractivity contribution in [3.05, 3.63) is 23.8 Å². The van der Waals surface area contributed by atoms with Crippen molar-refractivity contribution in [2.24, 2.45) is 5.73 Å². The highest BCUT2D eigenvalue weighted by Gasteiger charge is 2.32. The van der Waals surface area contributed by atoms with Gasteiger partial charge in [-0.3, -0.25) is 9.36 Å². The zero-order valence-corrected chi connectivity index (χ0v) is 13.3. The highest BCUT2D eigenvalue weighted by atomic mass is 31.2. The van der Waals surface area contributed by atoms with Gasteiger partial charge in [0.1, 0.15) is 6.04 Å². The summed E-state index contributed by atoms with van der Waals surface area (Å²) in [5.74, 6) is -5.14. The van der Waals surface area contributed by atoms with Crippen LogP contribution in [-0.2, 0) is 14.2 Å². The number of aliphatic carboxylic acids is 2. The fourth-order valence-electron chi connectivity index (χ4n) is 1.76. The summed E-state index contributed by atoms with van der Waals surface area (Å²) in [6.45, 7) is -0.693.